The number of aromatic amines is 1. The third-order valence-corrected chi connectivity index (χ3v) is 4.77. The Hall–Kier alpha value is -0.920. The van der Waals surface area contributed by atoms with E-state index in [4.69, 9.17) is 5.73 Å². The van der Waals surface area contributed by atoms with Gasteiger partial charge in [-0.3, -0.25) is 5.10 Å². The van der Waals surface area contributed by atoms with E-state index in [9.17, 15) is 8.42 Å². The summed E-state index contributed by atoms with van der Waals surface area (Å²) in [5.41, 5.74) is 5.66. The first-order valence-corrected chi connectivity index (χ1v) is 7.33. The van der Waals surface area contributed by atoms with Gasteiger partial charge in [-0.2, -0.15) is 5.10 Å². The Morgan fingerprint density at radius 1 is 1.53 bits per heavy atom. The van der Waals surface area contributed by atoms with Gasteiger partial charge in [-0.1, -0.05) is 12.8 Å². The fourth-order valence-electron chi connectivity index (χ4n) is 2.35. The SMILES string of the molecule is NCC(NS(=O)(=O)c1cn[nH]c1)C1CCCC1. The molecular weight excluding hydrogens is 240 g/mol. The molecule has 4 N–H and O–H groups in total. The van der Waals surface area contributed by atoms with Gasteiger partial charge >= 0.3 is 0 Å². The van der Waals surface area contributed by atoms with E-state index in [0.29, 0.717) is 12.5 Å². The second-order valence-corrected chi connectivity index (χ2v) is 6.16. The van der Waals surface area contributed by atoms with Crippen LogP contribution in [0, 0.1) is 5.92 Å². The monoisotopic (exact) mass is 258 g/mol. The van der Waals surface area contributed by atoms with E-state index >= 15 is 0 Å². The first kappa shape index (κ1) is 12.5. The van der Waals surface area contributed by atoms with Crippen LogP contribution in [-0.4, -0.2) is 31.2 Å². The van der Waals surface area contributed by atoms with Crippen molar-refractivity contribution in [3.8, 4) is 0 Å². The van der Waals surface area contributed by atoms with Crippen LogP contribution >= 0.6 is 0 Å². The second-order valence-electron chi connectivity index (χ2n) is 4.44. The standard InChI is InChI=1S/C10H18N4O2S/c11-5-10(8-3-1-2-4-8)14-17(15,16)9-6-12-13-7-9/h6-8,10,14H,1-5,11H2,(H,12,13). The lowest BCUT2D eigenvalue weighted by atomic mass is 9.99. The maximum absolute atomic E-state index is 12.0. The van der Waals surface area contributed by atoms with Crippen LogP contribution in [0.15, 0.2) is 17.3 Å². The largest absolute Gasteiger partial charge is 0.329 e. The number of aromatic nitrogens is 2. The van der Waals surface area contributed by atoms with Crippen molar-refractivity contribution < 1.29 is 8.42 Å². The van der Waals surface area contributed by atoms with Gasteiger partial charge in [0, 0.05) is 18.8 Å². The first-order chi connectivity index (χ1) is 8.13. The Balaban J connectivity index is 2.08. The molecular formula is C10H18N4O2S. The summed E-state index contributed by atoms with van der Waals surface area (Å²) in [6.45, 7) is 0.335. The maximum Gasteiger partial charge on any atom is 0.243 e. The molecule has 1 heterocycles. The Bertz CT molecular complexity index is 437. The molecule has 6 nitrogen and oxygen atoms in total. The van der Waals surface area contributed by atoms with Gasteiger partial charge in [-0.15, -0.1) is 0 Å². The van der Waals surface area contributed by atoms with Crippen molar-refractivity contribution in [2.75, 3.05) is 6.54 Å². The summed E-state index contributed by atoms with van der Waals surface area (Å²) in [6, 6.07) is -0.169. The molecule has 1 aliphatic carbocycles. The number of sulfonamides is 1. The number of rotatable bonds is 5. The van der Waals surface area contributed by atoms with Crippen LogP contribution in [0.25, 0.3) is 0 Å². The van der Waals surface area contributed by atoms with E-state index < -0.39 is 10.0 Å². The van der Waals surface area contributed by atoms with Crippen molar-refractivity contribution in [3.05, 3.63) is 12.4 Å². The van der Waals surface area contributed by atoms with Gasteiger partial charge < -0.3 is 5.73 Å². The Kier molecular flexibility index (Phi) is 3.80. The molecule has 2 rings (SSSR count). The van der Waals surface area contributed by atoms with Crippen molar-refractivity contribution in [3.63, 3.8) is 0 Å². The third-order valence-electron chi connectivity index (χ3n) is 3.31. The normalized spacial score (nSPS) is 19.6. The number of hydrogen-bond donors (Lipinski definition) is 3. The first-order valence-electron chi connectivity index (χ1n) is 5.84. The highest BCUT2D eigenvalue weighted by atomic mass is 32.2. The van der Waals surface area contributed by atoms with E-state index in [1.165, 1.54) is 12.4 Å². The van der Waals surface area contributed by atoms with E-state index in [1.807, 2.05) is 0 Å². The van der Waals surface area contributed by atoms with Gasteiger partial charge in [0.1, 0.15) is 4.90 Å². The smallest absolute Gasteiger partial charge is 0.243 e. The molecule has 7 heteroatoms. The molecule has 0 saturated heterocycles. The van der Waals surface area contributed by atoms with Crippen LogP contribution in [0.5, 0.6) is 0 Å². The van der Waals surface area contributed by atoms with Gasteiger partial charge in [0.25, 0.3) is 0 Å². The lowest BCUT2D eigenvalue weighted by Gasteiger charge is -2.22. The molecule has 1 atom stereocenters. The minimum Gasteiger partial charge on any atom is -0.329 e. The molecule has 0 amide bonds. The number of nitrogens with one attached hydrogen (secondary N) is 2. The molecule has 1 aliphatic rings. The molecule has 0 spiro atoms. The number of hydrogen-bond acceptors (Lipinski definition) is 4. The summed E-state index contributed by atoms with van der Waals surface area (Å²) >= 11 is 0. The van der Waals surface area contributed by atoms with Crippen LogP contribution in [0.2, 0.25) is 0 Å². The van der Waals surface area contributed by atoms with Gasteiger partial charge in [0.2, 0.25) is 10.0 Å². The Morgan fingerprint density at radius 2 is 2.24 bits per heavy atom. The van der Waals surface area contributed by atoms with Gasteiger partial charge in [-0.05, 0) is 18.8 Å². The number of nitrogens with zero attached hydrogens (tertiary/aromatic N) is 1. The molecule has 96 valence electrons. The van der Waals surface area contributed by atoms with Crippen molar-refractivity contribution in [1.82, 2.24) is 14.9 Å². The summed E-state index contributed by atoms with van der Waals surface area (Å²) in [4.78, 5) is 0.161. The van der Waals surface area contributed by atoms with Gasteiger partial charge in [-0.25, -0.2) is 13.1 Å². The summed E-state index contributed by atoms with van der Waals surface area (Å²) < 4.78 is 26.7. The molecule has 1 aromatic rings. The van der Waals surface area contributed by atoms with Crippen molar-refractivity contribution >= 4 is 10.0 Å². The molecule has 0 aromatic carbocycles. The summed E-state index contributed by atoms with van der Waals surface area (Å²) in [6.07, 6.45) is 7.09. The lowest BCUT2D eigenvalue weighted by Crippen LogP contribution is -2.44. The molecule has 0 bridgehead atoms. The van der Waals surface area contributed by atoms with Crippen LogP contribution in [-0.2, 0) is 10.0 Å². The fraction of sp³-hybridized carbons (Fsp3) is 0.700. The fourth-order valence-corrected chi connectivity index (χ4v) is 3.57. The highest BCUT2D eigenvalue weighted by Gasteiger charge is 2.28. The molecule has 1 unspecified atom stereocenters. The third kappa shape index (κ3) is 2.85. The predicted octanol–water partition coefficient (Wildman–Crippen LogP) is 0.205. The minimum atomic E-state index is -3.49. The van der Waals surface area contributed by atoms with E-state index in [2.05, 4.69) is 14.9 Å². The van der Waals surface area contributed by atoms with Crippen LogP contribution in [0.4, 0.5) is 0 Å². The maximum atomic E-state index is 12.0. The zero-order valence-corrected chi connectivity index (χ0v) is 10.4. The highest BCUT2D eigenvalue weighted by Crippen LogP contribution is 2.28. The molecule has 1 saturated carbocycles. The van der Waals surface area contributed by atoms with Crippen LogP contribution in [0.1, 0.15) is 25.7 Å². The zero-order chi connectivity index (χ0) is 12.3. The molecule has 1 aromatic heterocycles. The zero-order valence-electron chi connectivity index (χ0n) is 9.59. The van der Waals surface area contributed by atoms with E-state index in [0.717, 1.165) is 25.7 Å². The molecule has 1 fully saturated rings. The topological polar surface area (TPSA) is 101 Å². The Labute approximate surface area is 101 Å². The van der Waals surface area contributed by atoms with E-state index in [-0.39, 0.29) is 10.9 Å². The summed E-state index contributed by atoms with van der Waals surface area (Å²) in [5.74, 6) is 0.363. The van der Waals surface area contributed by atoms with Gasteiger partial charge in [0.05, 0.1) is 6.20 Å². The average molecular weight is 258 g/mol. The van der Waals surface area contributed by atoms with Crippen molar-refractivity contribution in [2.45, 2.75) is 36.6 Å². The second kappa shape index (κ2) is 5.16. The van der Waals surface area contributed by atoms with Crippen LogP contribution < -0.4 is 10.5 Å². The molecule has 0 aliphatic heterocycles. The van der Waals surface area contributed by atoms with E-state index in [1.54, 1.807) is 0 Å². The quantitative estimate of drug-likeness (QED) is 0.702. The lowest BCUT2D eigenvalue weighted by molar-refractivity contribution is 0.405. The predicted molar refractivity (Wildman–Crippen MR) is 63.7 cm³/mol. The number of nitrogens with two attached hydrogens (primary N) is 1. The number of H-pyrrole nitrogens is 1. The minimum absolute atomic E-state index is 0.161. The summed E-state index contributed by atoms with van der Waals surface area (Å²) in [5, 5.41) is 6.14. The van der Waals surface area contributed by atoms with Crippen molar-refractivity contribution in [2.24, 2.45) is 11.7 Å². The molecule has 17 heavy (non-hydrogen) atoms. The van der Waals surface area contributed by atoms with Crippen molar-refractivity contribution in [1.29, 1.82) is 0 Å². The Morgan fingerprint density at radius 3 is 2.76 bits per heavy atom. The van der Waals surface area contributed by atoms with Gasteiger partial charge in [0.15, 0.2) is 0 Å². The highest BCUT2D eigenvalue weighted by molar-refractivity contribution is 7.89. The molecule has 0 radical (unpaired) electrons. The average Bonchev–Trinajstić information content (AvgIpc) is 2.97. The summed E-state index contributed by atoms with van der Waals surface area (Å²) in [7, 11) is -3.49. The van der Waals surface area contributed by atoms with Crippen LogP contribution in [0.3, 0.4) is 0 Å².